The fraction of sp³-hybridized carbons (Fsp3) is 0.132. The zero-order chi connectivity index (χ0) is 27.9. The molecule has 8 rings (SSSR count). The monoisotopic (exact) mass is 529 g/mol. The molecule has 3 heteroatoms. The van der Waals surface area contributed by atoms with Crippen LogP contribution >= 0.6 is 0 Å². The molecule has 0 radical (unpaired) electrons. The molecule has 0 amide bonds. The molecule has 0 aliphatic heterocycles. The van der Waals surface area contributed by atoms with Gasteiger partial charge in [0, 0.05) is 33.1 Å². The van der Waals surface area contributed by atoms with Crippen LogP contribution in [0.1, 0.15) is 38.8 Å². The minimum absolute atomic E-state index is 0.0350. The maximum atomic E-state index is 5.14. The second-order valence-corrected chi connectivity index (χ2v) is 11.8. The van der Waals surface area contributed by atoms with Crippen LogP contribution in [-0.4, -0.2) is 14.1 Å². The molecule has 198 valence electrons. The fourth-order valence-electron chi connectivity index (χ4n) is 6.84. The summed E-state index contributed by atoms with van der Waals surface area (Å²) in [6.45, 7) is 9.26. The van der Waals surface area contributed by atoms with Gasteiger partial charge in [0.2, 0.25) is 0 Å². The molecule has 7 aromatic rings. The molecule has 0 atom stereocenters. The lowest BCUT2D eigenvalue weighted by Gasteiger charge is -2.22. The van der Waals surface area contributed by atoms with Crippen molar-refractivity contribution in [2.24, 2.45) is 0 Å². The SMILES string of the molecule is CC1=C(C)C(C)(C)c2cc3c4ccccc4n(-c4cccc(-c5nc6ccccc6n5-c5ccccc5)c4)c3cc21. The lowest BCUT2D eigenvalue weighted by atomic mass is 9.81. The lowest BCUT2D eigenvalue weighted by Crippen LogP contribution is -2.15. The van der Waals surface area contributed by atoms with Crippen molar-refractivity contribution in [3.8, 4) is 22.8 Å². The summed E-state index contributed by atoms with van der Waals surface area (Å²) >= 11 is 0. The van der Waals surface area contributed by atoms with Crippen LogP contribution in [0.5, 0.6) is 0 Å². The first kappa shape index (κ1) is 24.0. The number of para-hydroxylation sites is 4. The Morgan fingerprint density at radius 3 is 2.12 bits per heavy atom. The normalized spacial score (nSPS) is 14.4. The van der Waals surface area contributed by atoms with Gasteiger partial charge in [-0.1, -0.05) is 80.1 Å². The third kappa shape index (κ3) is 3.35. The molecule has 3 nitrogen and oxygen atoms in total. The molecule has 1 aliphatic carbocycles. The van der Waals surface area contributed by atoms with Gasteiger partial charge in [-0.15, -0.1) is 0 Å². The summed E-state index contributed by atoms with van der Waals surface area (Å²) in [7, 11) is 0. The Hall–Kier alpha value is -4.89. The highest BCUT2D eigenvalue weighted by Crippen LogP contribution is 2.48. The van der Waals surface area contributed by atoms with Crippen molar-refractivity contribution in [1.29, 1.82) is 0 Å². The van der Waals surface area contributed by atoms with E-state index in [4.69, 9.17) is 4.98 Å². The van der Waals surface area contributed by atoms with E-state index in [1.165, 1.54) is 44.1 Å². The summed E-state index contributed by atoms with van der Waals surface area (Å²) in [6, 6.07) is 41.4. The summed E-state index contributed by atoms with van der Waals surface area (Å²) in [6.07, 6.45) is 0. The number of allylic oxidation sites excluding steroid dienone is 2. The molecule has 0 fully saturated rings. The largest absolute Gasteiger partial charge is 0.309 e. The first-order valence-electron chi connectivity index (χ1n) is 14.3. The van der Waals surface area contributed by atoms with Crippen molar-refractivity contribution in [3.05, 3.63) is 132 Å². The number of benzene rings is 5. The van der Waals surface area contributed by atoms with Crippen molar-refractivity contribution in [2.75, 3.05) is 0 Å². The van der Waals surface area contributed by atoms with Crippen molar-refractivity contribution in [2.45, 2.75) is 33.1 Å². The van der Waals surface area contributed by atoms with Crippen LogP contribution in [0, 0.1) is 0 Å². The zero-order valence-electron chi connectivity index (χ0n) is 23.8. The Morgan fingerprint density at radius 1 is 0.585 bits per heavy atom. The Kier molecular flexibility index (Phi) is 5.00. The first-order valence-corrected chi connectivity index (χ1v) is 14.3. The van der Waals surface area contributed by atoms with E-state index in [0.29, 0.717) is 0 Å². The standard InChI is InChI=1S/C38H31N3/c1-24-25(2)38(3,4)32-22-31-29-17-8-10-19-34(29)40(36(31)23-30(24)32)28-16-12-13-26(21-28)37-39-33-18-9-11-20-35(33)41(37)27-14-6-5-7-15-27/h5-23H,1-4H3. The average molecular weight is 530 g/mol. The number of hydrogen-bond donors (Lipinski definition) is 0. The molecule has 0 unspecified atom stereocenters. The predicted molar refractivity (Wildman–Crippen MR) is 172 cm³/mol. The number of rotatable bonds is 3. The molecule has 2 heterocycles. The van der Waals surface area contributed by atoms with Crippen LogP contribution in [0.25, 0.3) is 61.2 Å². The summed E-state index contributed by atoms with van der Waals surface area (Å²) < 4.78 is 4.70. The summed E-state index contributed by atoms with van der Waals surface area (Å²) in [5.74, 6) is 0.942. The first-order chi connectivity index (χ1) is 19.9. The second-order valence-electron chi connectivity index (χ2n) is 11.8. The second kappa shape index (κ2) is 8.55. The third-order valence-electron chi connectivity index (χ3n) is 9.33. The van der Waals surface area contributed by atoms with Gasteiger partial charge in [0.1, 0.15) is 5.82 Å². The van der Waals surface area contributed by atoms with Crippen LogP contribution in [0.2, 0.25) is 0 Å². The van der Waals surface area contributed by atoms with Crippen molar-refractivity contribution < 1.29 is 0 Å². The minimum atomic E-state index is 0.0350. The van der Waals surface area contributed by atoms with Gasteiger partial charge in [-0.05, 0) is 85.1 Å². The molecular formula is C38H31N3. The molecule has 41 heavy (non-hydrogen) atoms. The smallest absolute Gasteiger partial charge is 0.145 e. The van der Waals surface area contributed by atoms with E-state index in [2.05, 4.69) is 152 Å². The average Bonchev–Trinajstić information content (AvgIpc) is 3.60. The molecule has 0 saturated carbocycles. The van der Waals surface area contributed by atoms with Crippen LogP contribution in [-0.2, 0) is 5.41 Å². The third-order valence-corrected chi connectivity index (χ3v) is 9.33. The van der Waals surface area contributed by atoms with E-state index in [1.54, 1.807) is 0 Å². The van der Waals surface area contributed by atoms with E-state index < -0.39 is 0 Å². The van der Waals surface area contributed by atoms with Gasteiger partial charge in [-0.3, -0.25) is 4.57 Å². The van der Waals surface area contributed by atoms with E-state index in [-0.39, 0.29) is 5.41 Å². The quantitative estimate of drug-likeness (QED) is 0.223. The molecule has 0 bridgehead atoms. The van der Waals surface area contributed by atoms with Gasteiger partial charge in [0.05, 0.1) is 22.1 Å². The number of hydrogen-bond acceptors (Lipinski definition) is 1. The lowest BCUT2D eigenvalue weighted by molar-refractivity contribution is 0.639. The van der Waals surface area contributed by atoms with Gasteiger partial charge in [-0.2, -0.15) is 0 Å². The number of nitrogens with zero attached hydrogens (tertiary/aromatic N) is 3. The highest BCUT2D eigenvalue weighted by molar-refractivity contribution is 6.11. The van der Waals surface area contributed by atoms with Crippen LogP contribution in [0.15, 0.2) is 121 Å². The summed E-state index contributed by atoms with van der Waals surface area (Å²) in [4.78, 5) is 5.14. The van der Waals surface area contributed by atoms with Crippen LogP contribution in [0.3, 0.4) is 0 Å². The van der Waals surface area contributed by atoms with Gasteiger partial charge in [0.15, 0.2) is 0 Å². The van der Waals surface area contributed by atoms with Crippen LogP contribution in [0.4, 0.5) is 0 Å². The van der Waals surface area contributed by atoms with E-state index in [0.717, 1.165) is 33.8 Å². The fourth-order valence-corrected chi connectivity index (χ4v) is 6.84. The van der Waals surface area contributed by atoms with Gasteiger partial charge in [-0.25, -0.2) is 4.98 Å². The van der Waals surface area contributed by atoms with Crippen molar-refractivity contribution in [3.63, 3.8) is 0 Å². The Balaban J connectivity index is 1.40. The summed E-state index contributed by atoms with van der Waals surface area (Å²) in [5, 5.41) is 2.59. The molecule has 5 aromatic carbocycles. The van der Waals surface area contributed by atoms with Gasteiger partial charge >= 0.3 is 0 Å². The Labute approximate surface area is 240 Å². The predicted octanol–water partition coefficient (Wildman–Crippen LogP) is 9.87. The van der Waals surface area contributed by atoms with Crippen LogP contribution < -0.4 is 0 Å². The number of imidazole rings is 1. The molecule has 1 aliphatic rings. The molecule has 2 aromatic heterocycles. The molecule has 0 saturated heterocycles. The van der Waals surface area contributed by atoms with Gasteiger partial charge < -0.3 is 4.57 Å². The minimum Gasteiger partial charge on any atom is -0.309 e. The zero-order valence-corrected chi connectivity index (χ0v) is 23.8. The van der Waals surface area contributed by atoms with Crippen molar-refractivity contribution in [1.82, 2.24) is 14.1 Å². The summed E-state index contributed by atoms with van der Waals surface area (Å²) in [5.41, 5.74) is 13.6. The molecular weight excluding hydrogens is 498 g/mol. The topological polar surface area (TPSA) is 22.8 Å². The van der Waals surface area contributed by atoms with E-state index in [1.807, 2.05) is 0 Å². The van der Waals surface area contributed by atoms with Gasteiger partial charge in [0.25, 0.3) is 0 Å². The number of aromatic nitrogens is 3. The maximum absolute atomic E-state index is 5.14. The van der Waals surface area contributed by atoms with Crippen molar-refractivity contribution >= 4 is 38.4 Å². The van der Waals surface area contributed by atoms with E-state index in [9.17, 15) is 0 Å². The molecule has 0 N–H and O–H groups in total. The molecule has 0 spiro atoms. The Bertz CT molecular complexity index is 2190. The number of fused-ring (bicyclic) bond motifs is 5. The highest BCUT2D eigenvalue weighted by atomic mass is 15.1. The van der Waals surface area contributed by atoms with E-state index >= 15 is 0 Å². The Morgan fingerprint density at radius 2 is 1.29 bits per heavy atom. The maximum Gasteiger partial charge on any atom is 0.145 e. The highest BCUT2D eigenvalue weighted by Gasteiger charge is 2.34.